The van der Waals surface area contributed by atoms with E-state index in [2.05, 4.69) is 17.4 Å². The van der Waals surface area contributed by atoms with Crippen LogP contribution in [0.3, 0.4) is 0 Å². The van der Waals surface area contributed by atoms with Gasteiger partial charge >= 0.3 is 0 Å². The number of rotatable bonds is 7. The van der Waals surface area contributed by atoms with Crippen molar-refractivity contribution in [2.24, 2.45) is 0 Å². The van der Waals surface area contributed by atoms with E-state index >= 15 is 0 Å². The van der Waals surface area contributed by atoms with Crippen molar-refractivity contribution in [3.8, 4) is 17.2 Å². The Morgan fingerprint density at radius 1 is 0.964 bits per heavy atom. The summed E-state index contributed by atoms with van der Waals surface area (Å²) in [4.78, 5) is 13.0. The minimum absolute atomic E-state index is 0.140. The third-order valence-electron chi connectivity index (χ3n) is 5.37. The van der Waals surface area contributed by atoms with Crippen LogP contribution in [0.2, 0.25) is 0 Å². The summed E-state index contributed by atoms with van der Waals surface area (Å²) in [5.41, 5.74) is 1.49. The normalized spacial score (nSPS) is 15.5. The van der Waals surface area contributed by atoms with E-state index in [0.717, 1.165) is 12.8 Å². The van der Waals surface area contributed by atoms with Gasteiger partial charge in [-0.2, -0.15) is 0 Å². The lowest BCUT2D eigenvalue weighted by Gasteiger charge is -2.38. The Morgan fingerprint density at radius 3 is 2.25 bits per heavy atom. The standard InChI is InChI=1S/C22H27NO5/c1-25-18-10-9-17(19(26-2)20(18)27-3)21(24)23-15-22(11-13-28-14-12-22)16-7-5-4-6-8-16/h4-10H,11-15H2,1-3H3,(H,23,24). The molecule has 0 aliphatic carbocycles. The van der Waals surface area contributed by atoms with Gasteiger partial charge in [0.25, 0.3) is 5.91 Å². The Kier molecular flexibility index (Phi) is 6.41. The Labute approximate surface area is 165 Å². The molecule has 1 saturated heterocycles. The number of carbonyl (C=O) groups excluding carboxylic acids is 1. The van der Waals surface area contributed by atoms with Gasteiger partial charge in [-0.3, -0.25) is 4.79 Å². The monoisotopic (exact) mass is 385 g/mol. The number of ether oxygens (including phenoxy) is 4. The summed E-state index contributed by atoms with van der Waals surface area (Å²) in [6, 6.07) is 13.7. The van der Waals surface area contributed by atoms with E-state index in [1.54, 1.807) is 19.2 Å². The number of amides is 1. The maximum atomic E-state index is 13.0. The quantitative estimate of drug-likeness (QED) is 0.793. The molecule has 0 radical (unpaired) electrons. The molecule has 3 rings (SSSR count). The van der Waals surface area contributed by atoms with E-state index in [1.165, 1.54) is 19.8 Å². The molecule has 1 N–H and O–H groups in total. The predicted molar refractivity (Wildman–Crippen MR) is 107 cm³/mol. The fourth-order valence-electron chi connectivity index (χ4n) is 3.75. The third kappa shape index (κ3) is 3.92. The lowest BCUT2D eigenvalue weighted by molar-refractivity contribution is 0.0487. The highest BCUT2D eigenvalue weighted by Crippen LogP contribution is 2.40. The van der Waals surface area contributed by atoms with Crippen molar-refractivity contribution in [3.63, 3.8) is 0 Å². The van der Waals surface area contributed by atoms with Crippen molar-refractivity contribution in [1.29, 1.82) is 0 Å². The first-order chi connectivity index (χ1) is 13.6. The summed E-state index contributed by atoms with van der Waals surface area (Å²) in [6.07, 6.45) is 1.72. The SMILES string of the molecule is COc1ccc(C(=O)NCC2(c3ccccc3)CCOCC2)c(OC)c1OC. The van der Waals surface area contributed by atoms with Crippen LogP contribution in [0.5, 0.6) is 17.2 Å². The van der Waals surface area contributed by atoms with Gasteiger partial charge in [-0.15, -0.1) is 0 Å². The zero-order valence-corrected chi connectivity index (χ0v) is 16.6. The van der Waals surface area contributed by atoms with Crippen molar-refractivity contribution in [3.05, 3.63) is 53.6 Å². The largest absolute Gasteiger partial charge is 0.493 e. The molecule has 1 aliphatic rings. The van der Waals surface area contributed by atoms with Gasteiger partial charge in [0.2, 0.25) is 5.75 Å². The van der Waals surface area contributed by atoms with Gasteiger partial charge in [0.15, 0.2) is 11.5 Å². The van der Waals surface area contributed by atoms with Crippen molar-refractivity contribution in [2.45, 2.75) is 18.3 Å². The topological polar surface area (TPSA) is 66.0 Å². The Hall–Kier alpha value is -2.73. The average molecular weight is 385 g/mol. The molecular weight excluding hydrogens is 358 g/mol. The minimum Gasteiger partial charge on any atom is -0.493 e. The molecule has 150 valence electrons. The van der Waals surface area contributed by atoms with Crippen molar-refractivity contribution >= 4 is 5.91 Å². The number of carbonyl (C=O) groups is 1. The first-order valence-corrected chi connectivity index (χ1v) is 9.35. The summed E-state index contributed by atoms with van der Waals surface area (Å²) in [5, 5.41) is 3.10. The molecule has 0 unspecified atom stereocenters. The zero-order chi connectivity index (χ0) is 20.0. The van der Waals surface area contributed by atoms with Crippen LogP contribution in [0.25, 0.3) is 0 Å². The van der Waals surface area contributed by atoms with Crippen LogP contribution < -0.4 is 19.5 Å². The third-order valence-corrected chi connectivity index (χ3v) is 5.37. The molecule has 1 aliphatic heterocycles. The van der Waals surface area contributed by atoms with Crippen LogP contribution in [-0.2, 0) is 10.2 Å². The van der Waals surface area contributed by atoms with Crippen molar-refractivity contribution in [1.82, 2.24) is 5.32 Å². The maximum Gasteiger partial charge on any atom is 0.255 e. The van der Waals surface area contributed by atoms with Gasteiger partial charge < -0.3 is 24.3 Å². The number of nitrogens with one attached hydrogen (secondary N) is 1. The lowest BCUT2D eigenvalue weighted by Crippen LogP contribution is -2.44. The van der Waals surface area contributed by atoms with Crippen molar-refractivity contribution < 1.29 is 23.7 Å². The van der Waals surface area contributed by atoms with Gasteiger partial charge in [0.1, 0.15) is 0 Å². The van der Waals surface area contributed by atoms with E-state index < -0.39 is 0 Å². The molecule has 0 bridgehead atoms. The molecule has 2 aromatic carbocycles. The van der Waals surface area contributed by atoms with E-state index in [1.807, 2.05) is 18.2 Å². The highest BCUT2D eigenvalue weighted by molar-refractivity contribution is 5.98. The van der Waals surface area contributed by atoms with Crippen molar-refractivity contribution in [2.75, 3.05) is 41.1 Å². The van der Waals surface area contributed by atoms with Crippen LogP contribution in [0.15, 0.2) is 42.5 Å². The number of methoxy groups -OCH3 is 3. The average Bonchev–Trinajstić information content (AvgIpc) is 2.77. The highest BCUT2D eigenvalue weighted by atomic mass is 16.5. The smallest absolute Gasteiger partial charge is 0.255 e. The first-order valence-electron chi connectivity index (χ1n) is 9.35. The van der Waals surface area contributed by atoms with E-state index in [0.29, 0.717) is 42.6 Å². The van der Waals surface area contributed by atoms with Gasteiger partial charge in [0.05, 0.1) is 26.9 Å². The first kappa shape index (κ1) is 20.0. The number of benzene rings is 2. The molecule has 0 aromatic heterocycles. The number of hydrogen-bond donors (Lipinski definition) is 1. The van der Waals surface area contributed by atoms with Gasteiger partial charge in [0, 0.05) is 25.2 Å². The Morgan fingerprint density at radius 2 is 1.64 bits per heavy atom. The Balaban J connectivity index is 1.84. The lowest BCUT2D eigenvalue weighted by atomic mass is 9.74. The highest BCUT2D eigenvalue weighted by Gasteiger charge is 2.35. The van der Waals surface area contributed by atoms with E-state index in [9.17, 15) is 4.79 Å². The summed E-state index contributed by atoms with van der Waals surface area (Å²) in [7, 11) is 4.58. The predicted octanol–water partition coefficient (Wildman–Crippen LogP) is 3.19. The molecule has 1 fully saturated rings. The maximum absolute atomic E-state index is 13.0. The van der Waals surface area contributed by atoms with E-state index in [-0.39, 0.29) is 11.3 Å². The fraction of sp³-hybridized carbons (Fsp3) is 0.409. The van der Waals surface area contributed by atoms with Gasteiger partial charge in [-0.25, -0.2) is 0 Å². The Bertz CT molecular complexity index is 800. The molecule has 28 heavy (non-hydrogen) atoms. The second-order valence-electron chi connectivity index (χ2n) is 6.82. The molecule has 1 heterocycles. The van der Waals surface area contributed by atoms with Crippen LogP contribution in [0, 0.1) is 0 Å². The van der Waals surface area contributed by atoms with Crippen LogP contribution in [0.4, 0.5) is 0 Å². The molecule has 1 amide bonds. The van der Waals surface area contributed by atoms with Crippen LogP contribution in [0.1, 0.15) is 28.8 Å². The molecular formula is C22H27NO5. The summed E-state index contributed by atoms with van der Waals surface area (Å²) < 4.78 is 21.7. The minimum atomic E-state index is -0.209. The zero-order valence-electron chi connectivity index (χ0n) is 16.6. The number of hydrogen-bond acceptors (Lipinski definition) is 5. The molecule has 6 heteroatoms. The second-order valence-corrected chi connectivity index (χ2v) is 6.82. The van der Waals surface area contributed by atoms with E-state index in [4.69, 9.17) is 18.9 Å². The molecule has 0 spiro atoms. The fourth-order valence-corrected chi connectivity index (χ4v) is 3.75. The second kappa shape index (κ2) is 8.97. The van der Waals surface area contributed by atoms with Crippen LogP contribution in [-0.4, -0.2) is 47.0 Å². The van der Waals surface area contributed by atoms with Crippen LogP contribution >= 0.6 is 0 Å². The molecule has 6 nitrogen and oxygen atoms in total. The van der Waals surface area contributed by atoms with Gasteiger partial charge in [-0.1, -0.05) is 30.3 Å². The summed E-state index contributed by atoms with van der Waals surface area (Å²) >= 11 is 0. The molecule has 0 atom stereocenters. The molecule has 2 aromatic rings. The summed E-state index contributed by atoms with van der Waals surface area (Å²) in [6.45, 7) is 1.89. The molecule has 0 saturated carbocycles. The van der Waals surface area contributed by atoms with Gasteiger partial charge in [-0.05, 0) is 30.5 Å². The summed E-state index contributed by atoms with van der Waals surface area (Å²) in [5.74, 6) is 1.07.